The van der Waals surface area contributed by atoms with E-state index in [1.807, 2.05) is 6.07 Å². The molecule has 0 saturated heterocycles. The molecule has 6 N–H and O–H groups in total. The van der Waals surface area contributed by atoms with E-state index >= 15 is 0 Å². The molecule has 13 heavy (non-hydrogen) atoms. The predicted molar refractivity (Wildman–Crippen MR) is 46.3 cm³/mol. The Labute approximate surface area is 75.5 Å². The highest BCUT2D eigenvalue weighted by molar-refractivity contribution is 5.42. The SMILES string of the molecule is [NH3+]Cc1ccc(C[NH3+])c([N+](=O)[O-])c1. The Kier molecular flexibility index (Phi) is 2.94. The Morgan fingerprint density at radius 3 is 2.46 bits per heavy atom. The minimum absolute atomic E-state index is 0.149. The van der Waals surface area contributed by atoms with Gasteiger partial charge in [0.2, 0.25) is 0 Å². The molecule has 0 bridgehead atoms. The van der Waals surface area contributed by atoms with Crippen LogP contribution in [0.4, 0.5) is 5.69 Å². The molecule has 1 aromatic rings. The van der Waals surface area contributed by atoms with Gasteiger partial charge in [-0.2, -0.15) is 0 Å². The molecular weight excluding hydrogens is 170 g/mol. The van der Waals surface area contributed by atoms with Crippen LogP contribution >= 0.6 is 0 Å². The topological polar surface area (TPSA) is 98.4 Å². The lowest BCUT2D eigenvalue weighted by molar-refractivity contribution is -0.404. The van der Waals surface area contributed by atoms with Crippen molar-refractivity contribution in [2.24, 2.45) is 0 Å². The summed E-state index contributed by atoms with van der Waals surface area (Å²) in [6.45, 7) is 1.01. The quantitative estimate of drug-likeness (QED) is 0.468. The Balaban J connectivity index is 3.18. The minimum atomic E-state index is -0.375. The Morgan fingerprint density at radius 2 is 2.00 bits per heavy atom. The van der Waals surface area contributed by atoms with Gasteiger partial charge in [-0.1, -0.05) is 6.07 Å². The Hall–Kier alpha value is -1.46. The zero-order valence-electron chi connectivity index (χ0n) is 7.32. The number of nitro groups is 1. The first kappa shape index (κ1) is 9.63. The molecule has 5 heteroatoms. The molecule has 1 rings (SSSR count). The molecule has 0 aliphatic carbocycles. The minimum Gasteiger partial charge on any atom is -0.354 e. The van der Waals surface area contributed by atoms with Gasteiger partial charge in [-0.15, -0.1) is 0 Å². The smallest absolute Gasteiger partial charge is 0.278 e. The Bertz CT molecular complexity index is 325. The van der Waals surface area contributed by atoms with Gasteiger partial charge in [-0.05, 0) is 6.07 Å². The molecule has 0 heterocycles. The fraction of sp³-hybridized carbons (Fsp3) is 0.250. The standard InChI is InChI=1S/C8H11N3O2/c9-4-6-1-2-7(5-10)8(3-6)11(12)13/h1-3H,4-5,9-10H2/p+2. The van der Waals surface area contributed by atoms with Crippen LogP contribution in [0.1, 0.15) is 11.1 Å². The maximum Gasteiger partial charge on any atom is 0.278 e. The summed E-state index contributed by atoms with van der Waals surface area (Å²) in [4.78, 5) is 10.2. The van der Waals surface area contributed by atoms with Crippen molar-refractivity contribution in [3.05, 3.63) is 39.4 Å². The Morgan fingerprint density at radius 1 is 1.31 bits per heavy atom. The molecule has 0 radical (unpaired) electrons. The van der Waals surface area contributed by atoms with E-state index in [0.717, 1.165) is 5.56 Å². The first-order valence-corrected chi connectivity index (χ1v) is 4.03. The van der Waals surface area contributed by atoms with Crippen molar-refractivity contribution in [2.45, 2.75) is 13.1 Å². The highest BCUT2D eigenvalue weighted by Gasteiger charge is 2.14. The lowest BCUT2D eigenvalue weighted by Gasteiger charge is -1.99. The molecule has 70 valence electrons. The summed E-state index contributed by atoms with van der Waals surface area (Å²) in [5.41, 5.74) is 9.00. The first-order chi connectivity index (χ1) is 6.19. The second kappa shape index (κ2) is 3.97. The summed E-state index contributed by atoms with van der Waals surface area (Å²) in [5, 5.41) is 10.6. The zero-order chi connectivity index (χ0) is 9.84. The third-order valence-electron chi connectivity index (χ3n) is 1.90. The molecule has 0 unspecified atom stereocenters. The number of nitrogens with zero attached hydrogens (tertiary/aromatic N) is 1. The first-order valence-electron chi connectivity index (χ1n) is 4.03. The summed E-state index contributed by atoms with van der Waals surface area (Å²) >= 11 is 0. The summed E-state index contributed by atoms with van der Waals surface area (Å²) in [6, 6.07) is 5.15. The average Bonchev–Trinajstić information content (AvgIpc) is 2.16. The number of hydrogen-bond acceptors (Lipinski definition) is 2. The number of hydrogen-bond donors (Lipinski definition) is 2. The number of benzene rings is 1. The van der Waals surface area contributed by atoms with E-state index < -0.39 is 0 Å². The molecular formula is C8H13N3O2+2. The lowest BCUT2D eigenvalue weighted by Crippen LogP contribution is -2.48. The number of quaternary nitrogens is 2. The van der Waals surface area contributed by atoms with E-state index in [0.29, 0.717) is 18.7 Å². The summed E-state index contributed by atoms with van der Waals surface area (Å²) in [7, 11) is 0. The summed E-state index contributed by atoms with van der Waals surface area (Å²) in [5.74, 6) is 0. The van der Waals surface area contributed by atoms with Gasteiger partial charge < -0.3 is 11.5 Å². The molecule has 0 saturated carbocycles. The van der Waals surface area contributed by atoms with Crippen LogP contribution in [-0.2, 0) is 13.1 Å². The highest BCUT2D eigenvalue weighted by Crippen LogP contribution is 2.18. The average molecular weight is 183 g/mol. The summed E-state index contributed by atoms with van der Waals surface area (Å²) in [6.07, 6.45) is 0. The molecule has 0 aliphatic heterocycles. The van der Waals surface area contributed by atoms with Crippen LogP contribution in [0.25, 0.3) is 0 Å². The fourth-order valence-corrected chi connectivity index (χ4v) is 1.15. The maximum absolute atomic E-state index is 10.6. The molecule has 0 atom stereocenters. The van der Waals surface area contributed by atoms with E-state index in [9.17, 15) is 10.1 Å². The van der Waals surface area contributed by atoms with Crippen LogP contribution in [0.2, 0.25) is 0 Å². The van der Waals surface area contributed by atoms with Crippen LogP contribution in [-0.4, -0.2) is 4.92 Å². The van der Waals surface area contributed by atoms with Crippen molar-refractivity contribution in [1.82, 2.24) is 0 Å². The van der Waals surface area contributed by atoms with E-state index in [4.69, 9.17) is 0 Å². The van der Waals surface area contributed by atoms with Crippen molar-refractivity contribution in [1.29, 1.82) is 0 Å². The third kappa shape index (κ3) is 2.01. The van der Waals surface area contributed by atoms with Crippen molar-refractivity contribution in [3.63, 3.8) is 0 Å². The normalized spacial score (nSPS) is 10.0. The fourth-order valence-electron chi connectivity index (χ4n) is 1.15. The van der Waals surface area contributed by atoms with Crippen LogP contribution in [0.3, 0.4) is 0 Å². The molecule has 0 aromatic heterocycles. The highest BCUT2D eigenvalue weighted by atomic mass is 16.6. The zero-order valence-corrected chi connectivity index (χ0v) is 7.32. The van der Waals surface area contributed by atoms with Crippen molar-refractivity contribution in [2.75, 3.05) is 0 Å². The lowest BCUT2D eigenvalue weighted by atomic mass is 10.1. The molecule has 0 fully saturated rings. The van der Waals surface area contributed by atoms with Crippen LogP contribution in [0.5, 0.6) is 0 Å². The van der Waals surface area contributed by atoms with Crippen molar-refractivity contribution >= 4 is 5.69 Å². The number of rotatable bonds is 3. The molecule has 0 amide bonds. The van der Waals surface area contributed by atoms with Gasteiger partial charge in [0, 0.05) is 11.6 Å². The maximum atomic E-state index is 10.6. The van der Waals surface area contributed by atoms with E-state index in [2.05, 4.69) is 11.5 Å². The molecule has 5 nitrogen and oxygen atoms in total. The van der Waals surface area contributed by atoms with Crippen molar-refractivity contribution in [3.8, 4) is 0 Å². The van der Waals surface area contributed by atoms with Crippen LogP contribution in [0, 0.1) is 10.1 Å². The molecule has 1 aromatic carbocycles. The van der Waals surface area contributed by atoms with Gasteiger partial charge in [0.25, 0.3) is 5.69 Å². The predicted octanol–water partition coefficient (Wildman–Crippen LogP) is -0.921. The van der Waals surface area contributed by atoms with Gasteiger partial charge in [-0.25, -0.2) is 0 Å². The van der Waals surface area contributed by atoms with E-state index in [-0.39, 0.29) is 10.6 Å². The van der Waals surface area contributed by atoms with E-state index in [1.54, 1.807) is 12.1 Å². The summed E-state index contributed by atoms with van der Waals surface area (Å²) < 4.78 is 0. The van der Waals surface area contributed by atoms with Crippen molar-refractivity contribution < 1.29 is 16.4 Å². The van der Waals surface area contributed by atoms with Crippen LogP contribution < -0.4 is 11.5 Å². The van der Waals surface area contributed by atoms with Gasteiger partial charge in [0.05, 0.1) is 17.0 Å². The van der Waals surface area contributed by atoms with Gasteiger partial charge >= 0.3 is 0 Å². The third-order valence-corrected chi connectivity index (χ3v) is 1.90. The number of nitro benzene ring substituents is 1. The monoisotopic (exact) mass is 183 g/mol. The molecule has 0 aliphatic rings. The van der Waals surface area contributed by atoms with E-state index in [1.165, 1.54) is 0 Å². The second-order valence-electron chi connectivity index (χ2n) is 2.72. The largest absolute Gasteiger partial charge is 0.354 e. The van der Waals surface area contributed by atoms with Crippen LogP contribution in [0.15, 0.2) is 18.2 Å². The van der Waals surface area contributed by atoms with Gasteiger partial charge in [-0.3, -0.25) is 10.1 Å². The van der Waals surface area contributed by atoms with Gasteiger partial charge in [0.15, 0.2) is 0 Å². The second-order valence-corrected chi connectivity index (χ2v) is 2.72. The van der Waals surface area contributed by atoms with Gasteiger partial charge in [0.1, 0.15) is 6.54 Å². The molecule has 0 spiro atoms.